The Labute approximate surface area is 112 Å². The minimum absolute atomic E-state index is 0.111. The highest BCUT2D eigenvalue weighted by molar-refractivity contribution is 7.99. The molecule has 6 nitrogen and oxygen atoms in total. The van der Waals surface area contributed by atoms with Gasteiger partial charge in [-0.1, -0.05) is 0 Å². The molecule has 2 aromatic rings. The first-order valence-electron chi connectivity index (χ1n) is 5.60. The summed E-state index contributed by atoms with van der Waals surface area (Å²) < 4.78 is 13.6. The van der Waals surface area contributed by atoms with Crippen LogP contribution in [-0.2, 0) is 0 Å². The first kappa shape index (κ1) is 13.5. The van der Waals surface area contributed by atoms with E-state index in [1.807, 2.05) is 6.92 Å². The number of halogens is 1. The van der Waals surface area contributed by atoms with Crippen LogP contribution >= 0.6 is 11.8 Å². The topological polar surface area (TPSA) is 83.6 Å². The van der Waals surface area contributed by atoms with Gasteiger partial charge >= 0.3 is 0 Å². The lowest BCUT2D eigenvalue weighted by Crippen LogP contribution is -2.08. The second-order valence-corrected chi connectivity index (χ2v) is 4.65. The summed E-state index contributed by atoms with van der Waals surface area (Å²) in [6, 6.07) is 1.37. The fraction of sp³-hybridized carbons (Fsp3) is 0.273. The lowest BCUT2D eigenvalue weighted by Gasteiger charge is -2.05. The van der Waals surface area contributed by atoms with E-state index in [0.717, 1.165) is 18.0 Å². The molecule has 0 saturated carbocycles. The number of H-pyrrole nitrogens is 1. The third kappa shape index (κ3) is 3.50. The predicted octanol–water partition coefficient (Wildman–Crippen LogP) is 1.59. The Balaban J connectivity index is 2.31. The van der Waals surface area contributed by atoms with Crippen molar-refractivity contribution in [2.24, 2.45) is 0 Å². The third-order valence-electron chi connectivity index (χ3n) is 2.09. The maximum Gasteiger partial charge on any atom is 0.251 e. The van der Waals surface area contributed by atoms with Crippen LogP contribution in [-0.4, -0.2) is 26.5 Å². The van der Waals surface area contributed by atoms with Crippen molar-refractivity contribution in [1.82, 2.24) is 19.9 Å². The van der Waals surface area contributed by atoms with Crippen molar-refractivity contribution < 1.29 is 4.39 Å². The molecule has 0 aliphatic carbocycles. The summed E-state index contributed by atoms with van der Waals surface area (Å²) in [5.74, 6) is -0.225. The van der Waals surface area contributed by atoms with E-state index in [2.05, 4.69) is 25.3 Å². The van der Waals surface area contributed by atoms with Crippen molar-refractivity contribution in [3.8, 4) is 0 Å². The largest absolute Gasteiger partial charge is 0.354 e. The Morgan fingerprint density at radius 1 is 1.47 bits per heavy atom. The average Bonchev–Trinajstić information content (AvgIpc) is 2.32. The SMILES string of the molecule is CCNc1ncc(F)c(Sc2nc(C)cc(=O)[nH]2)n1. The van der Waals surface area contributed by atoms with Gasteiger partial charge in [0.15, 0.2) is 11.0 Å². The first-order chi connectivity index (χ1) is 9.08. The standard InChI is InChI=1S/C11H12FN5OS/c1-3-13-10-14-5-7(12)9(17-10)19-11-15-6(2)4-8(18)16-11/h4-5H,3H2,1-2H3,(H,13,14,17)(H,15,16,18). The highest BCUT2D eigenvalue weighted by atomic mass is 32.2. The Morgan fingerprint density at radius 3 is 2.95 bits per heavy atom. The Morgan fingerprint density at radius 2 is 2.26 bits per heavy atom. The van der Waals surface area contributed by atoms with Crippen molar-refractivity contribution in [2.45, 2.75) is 24.0 Å². The lowest BCUT2D eigenvalue weighted by atomic mass is 10.5. The number of nitrogens with zero attached hydrogens (tertiary/aromatic N) is 3. The van der Waals surface area contributed by atoms with Gasteiger partial charge in [0.05, 0.1) is 6.20 Å². The van der Waals surface area contributed by atoms with Crippen LogP contribution in [0.15, 0.2) is 27.2 Å². The number of aromatic nitrogens is 4. The van der Waals surface area contributed by atoms with E-state index >= 15 is 0 Å². The van der Waals surface area contributed by atoms with Crippen molar-refractivity contribution >= 4 is 17.7 Å². The number of nitrogens with one attached hydrogen (secondary N) is 2. The molecule has 19 heavy (non-hydrogen) atoms. The minimum Gasteiger partial charge on any atom is -0.354 e. The number of anilines is 1. The molecule has 0 saturated heterocycles. The minimum atomic E-state index is -0.559. The Kier molecular flexibility index (Phi) is 4.10. The van der Waals surface area contributed by atoms with E-state index in [0.29, 0.717) is 23.3 Å². The lowest BCUT2D eigenvalue weighted by molar-refractivity contribution is 0.579. The molecule has 2 aromatic heterocycles. The molecule has 0 aromatic carbocycles. The van der Waals surface area contributed by atoms with Crippen LogP contribution in [0.3, 0.4) is 0 Å². The van der Waals surface area contributed by atoms with Crippen LogP contribution in [0, 0.1) is 12.7 Å². The van der Waals surface area contributed by atoms with Crippen LogP contribution in [0.2, 0.25) is 0 Å². The highest BCUT2D eigenvalue weighted by Gasteiger charge is 2.10. The number of hydrogen-bond acceptors (Lipinski definition) is 6. The summed E-state index contributed by atoms with van der Waals surface area (Å²) in [5.41, 5.74) is 0.281. The fourth-order valence-corrected chi connectivity index (χ4v) is 2.16. The summed E-state index contributed by atoms with van der Waals surface area (Å²) in [6.07, 6.45) is 1.08. The van der Waals surface area contributed by atoms with Crippen LogP contribution in [0.5, 0.6) is 0 Å². The molecule has 0 radical (unpaired) electrons. The second-order valence-electron chi connectivity index (χ2n) is 3.67. The number of hydrogen-bond donors (Lipinski definition) is 2. The summed E-state index contributed by atoms with van der Waals surface area (Å²) in [6.45, 7) is 4.22. The van der Waals surface area contributed by atoms with Gasteiger partial charge in [-0.05, 0) is 25.6 Å². The summed E-state index contributed by atoms with van der Waals surface area (Å²) >= 11 is 0.950. The molecule has 0 bridgehead atoms. The zero-order valence-corrected chi connectivity index (χ0v) is 11.2. The zero-order valence-electron chi connectivity index (χ0n) is 10.4. The zero-order chi connectivity index (χ0) is 13.8. The Bertz CT molecular complexity index is 645. The van der Waals surface area contributed by atoms with Crippen LogP contribution in [0.4, 0.5) is 10.3 Å². The van der Waals surface area contributed by atoms with E-state index < -0.39 is 5.82 Å². The molecule has 8 heteroatoms. The fourth-order valence-electron chi connectivity index (χ4n) is 1.36. The van der Waals surface area contributed by atoms with Gasteiger partial charge in [0, 0.05) is 18.3 Å². The third-order valence-corrected chi connectivity index (χ3v) is 2.95. The molecule has 2 rings (SSSR count). The number of aromatic amines is 1. The van der Waals surface area contributed by atoms with Gasteiger partial charge in [0.1, 0.15) is 5.03 Å². The smallest absolute Gasteiger partial charge is 0.251 e. The van der Waals surface area contributed by atoms with E-state index in [4.69, 9.17) is 0 Å². The van der Waals surface area contributed by atoms with E-state index in [1.54, 1.807) is 6.92 Å². The Hall–Kier alpha value is -1.96. The highest BCUT2D eigenvalue weighted by Crippen LogP contribution is 2.25. The summed E-state index contributed by atoms with van der Waals surface area (Å²) in [7, 11) is 0. The number of rotatable bonds is 4. The molecule has 0 unspecified atom stereocenters. The second kappa shape index (κ2) is 5.79. The van der Waals surface area contributed by atoms with Crippen molar-refractivity contribution in [1.29, 1.82) is 0 Å². The monoisotopic (exact) mass is 281 g/mol. The number of aryl methyl sites for hydroxylation is 1. The van der Waals surface area contributed by atoms with Crippen LogP contribution in [0.25, 0.3) is 0 Å². The van der Waals surface area contributed by atoms with Gasteiger partial charge < -0.3 is 10.3 Å². The molecule has 0 aliphatic rings. The molecular weight excluding hydrogens is 269 g/mol. The van der Waals surface area contributed by atoms with Crippen molar-refractivity contribution in [3.05, 3.63) is 34.1 Å². The van der Waals surface area contributed by atoms with E-state index in [9.17, 15) is 9.18 Å². The molecular formula is C11H12FN5OS. The molecule has 0 amide bonds. The van der Waals surface area contributed by atoms with Gasteiger partial charge in [-0.25, -0.2) is 19.3 Å². The average molecular weight is 281 g/mol. The quantitative estimate of drug-likeness (QED) is 0.654. The van der Waals surface area contributed by atoms with Crippen LogP contribution in [0.1, 0.15) is 12.6 Å². The van der Waals surface area contributed by atoms with Gasteiger partial charge in [0.2, 0.25) is 5.95 Å². The van der Waals surface area contributed by atoms with Crippen molar-refractivity contribution in [3.63, 3.8) is 0 Å². The molecule has 0 spiro atoms. The van der Waals surface area contributed by atoms with Gasteiger partial charge in [0.25, 0.3) is 5.56 Å². The molecule has 100 valence electrons. The first-order valence-corrected chi connectivity index (χ1v) is 6.42. The maximum absolute atomic E-state index is 13.6. The van der Waals surface area contributed by atoms with Gasteiger partial charge in [-0.15, -0.1) is 0 Å². The normalized spacial score (nSPS) is 10.5. The molecule has 0 fully saturated rings. The van der Waals surface area contributed by atoms with Gasteiger partial charge in [-0.3, -0.25) is 4.79 Å². The summed E-state index contributed by atoms with van der Waals surface area (Å²) in [4.78, 5) is 25.8. The van der Waals surface area contributed by atoms with E-state index in [1.165, 1.54) is 6.07 Å². The molecule has 2 heterocycles. The molecule has 2 N–H and O–H groups in total. The van der Waals surface area contributed by atoms with Crippen LogP contribution < -0.4 is 10.9 Å². The van der Waals surface area contributed by atoms with Gasteiger partial charge in [-0.2, -0.15) is 0 Å². The summed E-state index contributed by atoms with van der Waals surface area (Å²) in [5, 5.41) is 3.30. The predicted molar refractivity (Wildman–Crippen MR) is 69.9 cm³/mol. The molecule has 0 aliphatic heterocycles. The van der Waals surface area contributed by atoms with E-state index in [-0.39, 0.29) is 10.6 Å². The van der Waals surface area contributed by atoms with Crippen molar-refractivity contribution in [2.75, 3.05) is 11.9 Å². The molecule has 0 atom stereocenters. The maximum atomic E-state index is 13.6.